The minimum atomic E-state index is -0.498. The first-order valence-corrected chi connectivity index (χ1v) is 9.42. The molecule has 0 radical (unpaired) electrons. The van der Waals surface area contributed by atoms with Crippen LogP contribution in [0.25, 0.3) is 0 Å². The molecule has 0 bridgehead atoms. The third-order valence-electron chi connectivity index (χ3n) is 4.39. The Morgan fingerprint density at radius 2 is 1.96 bits per heavy atom. The lowest BCUT2D eigenvalue weighted by Crippen LogP contribution is -2.50. The SMILES string of the molecule is CC(C)(C)OC(=O)N1CCN(c2ncccc2N2CC(S)CC2=O)CC1. The Hall–Kier alpha value is -1.96. The van der Waals surface area contributed by atoms with Gasteiger partial charge in [-0.05, 0) is 32.9 Å². The lowest BCUT2D eigenvalue weighted by atomic mass is 10.2. The Labute approximate surface area is 159 Å². The number of amides is 2. The van der Waals surface area contributed by atoms with Crippen molar-refractivity contribution in [1.29, 1.82) is 0 Å². The van der Waals surface area contributed by atoms with Crippen molar-refractivity contribution >= 4 is 36.1 Å². The normalized spacial score (nSPS) is 21.3. The van der Waals surface area contributed by atoms with Gasteiger partial charge < -0.3 is 19.4 Å². The molecule has 1 atom stereocenters. The van der Waals surface area contributed by atoms with Gasteiger partial charge in [0, 0.05) is 50.6 Å². The zero-order valence-electron chi connectivity index (χ0n) is 15.5. The highest BCUT2D eigenvalue weighted by molar-refractivity contribution is 7.81. The van der Waals surface area contributed by atoms with E-state index < -0.39 is 5.60 Å². The summed E-state index contributed by atoms with van der Waals surface area (Å²) in [4.78, 5) is 34.6. The lowest BCUT2D eigenvalue weighted by Gasteiger charge is -2.37. The average molecular weight is 378 g/mol. The van der Waals surface area contributed by atoms with Gasteiger partial charge in [0.15, 0.2) is 5.82 Å². The number of aromatic nitrogens is 1. The number of carbonyl (C=O) groups is 2. The maximum atomic E-state index is 12.3. The van der Waals surface area contributed by atoms with Gasteiger partial charge >= 0.3 is 6.09 Å². The molecule has 7 nitrogen and oxygen atoms in total. The smallest absolute Gasteiger partial charge is 0.410 e. The number of thiol groups is 1. The summed E-state index contributed by atoms with van der Waals surface area (Å²) in [5.74, 6) is 0.860. The molecule has 1 unspecified atom stereocenters. The van der Waals surface area contributed by atoms with E-state index in [1.165, 1.54) is 0 Å². The van der Waals surface area contributed by atoms with Crippen LogP contribution in [-0.2, 0) is 9.53 Å². The highest BCUT2D eigenvalue weighted by atomic mass is 32.1. The largest absolute Gasteiger partial charge is 0.444 e. The summed E-state index contributed by atoms with van der Waals surface area (Å²) in [6.07, 6.45) is 1.90. The molecule has 142 valence electrons. The van der Waals surface area contributed by atoms with Gasteiger partial charge in [-0.3, -0.25) is 4.79 Å². The molecule has 2 amide bonds. The molecule has 0 aliphatic carbocycles. The van der Waals surface area contributed by atoms with Gasteiger partial charge in [0.05, 0.1) is 5.69 Å². The highest BCUT2D eigenvalue weighted by Crippen LogP contribution is 2.32. The number of hydrogen-bond donors (Lipinski definition) is 1. The first-order valence-electron chi connectivity index (χ1n) is 8.91. The van der Waals surface area contributed by atoms with Crippen molar-refractivity contribution in [1.82, 2.24) is 9.88 Å². The Morgan fingerprint density at radius 1 is 1.27 bits per heavy atom. The molecular formula is C18H26N4O3S. The molecule has 0 spiro atoms. The zero-order valence-corrected chi connectivity index (χ0v) is 16.4. The fourth-order valence-corrected chi connectivity index (χ4v) is 3.51. The molecular weight excluding hydrogens is 352 g/mol. The van der Waals surface area contributed by atoms with Crippen LogP contribution in [0.3, 0.4) is 0 Å². The van der Waals surface area contributed by atoms with Crippen LogP contribution in [0.2, 0.25) is 0 Å². The Bertz CT molecular complexity index is 683. The molecule has 0 aromatic carbocycles. The number of nitrogens with zero attached hydrogens (tertiary/aromatic N) is 4. The molecule has 2 aliphatic heterocycles. The molecule has 2 fully saturated rings. The van der Waals surface area contributed by atoms with Crippen LogP contribution >= 0.6 is 12.6 Å². The fourth-order valence-electron chi connectivity index (χ4n) is 3.19. The van der Waals surface area contributed by atoms with Gasteiger partial charge in [0.25, 0.3) is 0 Å². The van der Waals surface area contributed by atoms with Gasteiger partial charge in [-0.15, -0.1) is 0 Å². The Kier molecular flexibility index (Phi) is 5.32. The van der Waals surface area contributed by atoms with E-state index in [9.17, 15) is 9.59 Å². The number of pyridine rings is 1. The molecule has 3 heterocycles. The molecule has 3 rings (SSSR count). The van der Waals surface area contributed by atoms with Crippen LogP contribution < -0.4 is 9.80 Å². The van der Waals surface area contributed by atoms with E-state index in [1.807, 2.05) is 32.9 Å². The molecule has 1 aromatic rings. The van der Waals surface area contributed by atoms with Crippen LogP contribution in [0.1, 0.15) is 27.2 Å². The minimum Gasteiger partial charge on any atom is -0.444 e. The standard InChI is InChI=1S/C18H26N4O3S/c1-18(2,3)25-17(24)21-9-7-20(8-10-21)16-14(5-4-6-19-16)22-12-13(26)11-15(22)23/h4-6,13,26H,7-12H2,1-3H3. The summed E-state index contributed by atoms with van der Waals surface area (Å²) in [6.45, 7) is 8.61. The number of ether oxygens (including phenoxy) is 1. The molecule has 2 aliphatic rings. The number of carbonyl (C=O) groups excluding carboxylic acids is 2. The Balaban J connectivity index is 1.69. The summed E-state index contributed by atoms with van der Waals surface area (Å²) < 4.78 is 5.44. The van der Waals surface area contributed by atoms with E-state index >= 15 is 0 Å². The quantitative estimate of drug-likeness (QED) is 0.799. The zero-order chi connectivity index (χ0) is 18.9. The third-order valence-corrected chi connectivity index (χ3v) is 4.74. The number of anilines is 2. The van der Waals surface area contributed by atoms with Gasteiger partial charge in [-0.1, -0.05) is 0 Å². The second-order valence-corrected chi connectivity index (χ2v) is 8.39. The number of hydrogen-bond acceptors (Lipinski definition) is 6. The van der Waals surface area contributed by atoms with Gasteiger partial charge in [0.2, 0.25) is 5.91 Å². The minimum absolute atomic E-state index is 0.0552. The van der Waals surface area contributed by atoms with Gasteiger partial charge in [0.1, 0.15) is 5.60 Å². The second kappa shape index (κ2) is 7.34. The summed E-state index contributed by atoms with van der Waals surface area (Å²) in [5, 5.41) is 0.0552. The predicted octanol–water partition coefficient (Wildman–Crippen LogP) is 2.17. The van der Waals surface area contributed by atoms with E-state index in [-0.39, 0.29) is 17.3 Å². The first kappa shape index (κ1) is 18.8. The summed E-state index contributed by atoms with van der Waals surface area (Å²) in [7, 11) is 0. The molecule has 8 heteroatoms. The van der Waals surface area contributed by atoms with Crippen molar-refractivity contribution in [2.45, 2.75) is 38.0 Å². The summed E-state index contributed by atoms with van der Waals surface area (Å²) >= 11 is 4.44. The molecule has 2 saturated heterocycles. The van der Waals surface area contributed by atoms with Crippen molar-refractivity contribution in [2.75, 3.05) is 42.5 Å². The maximum Gasteiger partial charge on any atom is 0.410 e. The van der Waals surface area contributed by atoms with Crippen molar-refractivity contribution in [3.05, 3.63) is 18.3 Å². The topological polar surface area (TPSA) is 66.0 Å². The fraction of sp³-hybridized carbons (Fsp3) is 0.611. The van der Waals surface area contributed by atoms with E-state index in [2.05, 4.69) is 22.5 Å². The van der Waals surface area contributed by atoms with Crippen molar-refractivity contribution < 1.29 is 14.3 Å². The number of rotatable bonds is 2. The van der Waals surface area contributed by atoms with E-state index in [0.717, 1.165) is 11.5 Å². The third kappa shape index (κ3) is 4.23. The van der Waals surface area contributed by atoms with Crippen molar-refractivity contribution in [3.63, 3.8) is 0 Å². The molecule has 1 aromatic heterocycles. The molecule has 0 N–H and O–H groups in total. The van der Waals surface area contributed by atoms with E-state index in [4.69, 9.17) is 4.74 Å². The first-order chi connectivity index (χ1) is 12.2. The second-order valence-electron chi connectivity index (χ2n) is 7.66. The van der Waals surface area contributed by atoms with Crippen LogP contribution in [0.15, 0.2) is 18.3 Å². The van der Waals surface area contributed by atoms with Crippen molar-refractivity contribution in [3.8, 4) is 0 Å². The summed E-state index contributed by atoms with van der Waals surface area (Å²) in [5.41, 5.74) is 0.321. The average Bonchev–Trinajstić information content (AvgIpc) is 2.92. The maximum absolute atomic E-state index is 12.3. The Morgan fingerprint density at radius 3 is 2.54 bits per heavy atom. The van der Waals surface area contributed by atoms with Gasteiger partial charge in [-0.25, -0.2) is 9.78 Å². The van der Waals surface area contributed by atoms with Crippen LogP contribution in [0, 0.1) is 0 Å². The van der Waals surface area contributed by atoms with E-state index in [1.54, 1.807) is 16.0 Å². The van der Waals surface area contributed by atoms with Crippen LogP contribution in [-0.4, -0.2) is 65.5 Å². The number of piperazine rings is 1. The molecule has 0 saturated carbocycles. The molecule has 26 heavy (non-hydrogen) atoms. The van der Waals surface area contributed by atoms with E-state index in [0.29, 0.717) is 39.1 Å². The van der Waals surface area contributed by atoms with Gasteiger partial charge in [-0.2, -0.15) is 12.6 Å². The highest BCUT2D eigenvalue weighted by Gasteiger charge is 2.32. The summed E-state index contributed by atoms with van der Waals surface area (Å²) in [6, 6.07) is 3.77. The predicted molar refractivity (Wildman–Crippen MR) is 104 cm³/mol. The van der Waals surface area contributed by atoms with Crippen LogP contribution in [0.5, 0.6) is 0 Å². The lowest BCUT2D eigenvalue weighted by molar-refractivity contribution is -0.117. The van der Waals surface area contributed by atoms with Crippen molar-refractivity contribution in [2.24, 2.45) is 0 Å². The monoisotopic (exact) mass is 378 g/mol. The van der Waals surface area contributed by atoms with Crippen LogP contribution in [0.4, 0.5) is 16.3 Å².